The first-order valence-electron chi connectivity index (χ1n) is 4.80. The number of benzene rings is 1. The predicted octanol–water partition coefficient (Wildman–Crippen LogP) is 4.27. The molecule has 0 fully saturated rings. The van der Waals surface area contributed by atoms with Gasteiger partial charge in [0.15, 0.2) is 0 Å². The molecule has 0 atom stereocenters. The molecule has 15 heavy (non-hydrogen) atoms. The van der Waals surface area contributed by atoms with Gasteiger partial charge in [0.1, 0.15) is 0 Å². The van der Waals surface area contributed by atoms with Crippen LogP contribution in [0.2, 0.25) is 0 Å². The summed E-state index contributed by atoms with van der Waals surface area (Å²) >= 11 is 2.23. The van der Waals surface area contributed by atoms with E-state index in [4.69, 9.17) is 4.74 Å². The molecular formula is C12H15IOS. The third-order valence-electron chi connectivity index (χ3n) is 1.89. The highest BCUT2D eigenvalue weighted by Gasteiger charge is 2.14. The van der Waals surface area contributed by atoms with Crippen molar-refractivity contribution in [2.45, 2.75) is 20.5 Å². The lowest BCUT2D eigenvalue weighted by molar-refractivity contribution is 0.0757. The zero-order valence-electron chi connectivity index (χ0n) is 9.00. The Morgan fingerprint density at radius 1 is 1.33 bits per heavy atom. The van der Waals surface area contributed by atoms with E-state index in [1.165, 1.54) is 5.56 Å². The molecule has 0 heterocycles. The smallest absolute Gasteiger partial charge is 0.0717 e. The average Bonchev–Trinajstić information content (AvgIpc) is 2.19. The monoisotopic (exact) mass is 334 g/mol. The lowest BCUT2D eigenvalue weighted by Gasteiger charge is -2.17. The second-order valence-electron chi connectivity index (χ2n) is 4.04. The molecular weight excluding hydrogens is 319 g/mol. The van der Waals surface area contributed by atoms with Crippen LogP contribution in [0.15, 0.2) is 30.3 Å². The highest BCUT2D eigenvalue weighted by molar-refractivity contribution is 14.2. The molecule has 0 saturated heterocycles. The van der Waals surface area contributed by atoms with Crippen LogP contribution in [0.4, 0.5) is 0 Å². The molecule has 0 aromatic heterocycles. The third-order valence-corrected chi connectivity index (χ3v) is 3.18. The van der Waals surface area contributed by atoms with Gasteiger partial charge in [0.25, 0.3) is 0 Å². The summed E-state index contributed by atoms with van der Waals surface area (Å²) in [6, 6.07) is 10.2. The van der Waals surface area contributed by atoms with Gasteiger partial charge in [0, 0.05) is 21.2 Å². The highest BCUT2D eigenvalue weighted by Crippen LogP contribution is 2.17. The summed E-state index contributed by atoms with van der Waals surface area (Å²) in [5, 5.41) is 3.29. The fourth-order valence-corrected chi connectivity index (χ4v) is 3.19. The Labute approximate surface area is 107 Å². The molecule has 0 spiro atoms. The molecule has 0 N–H and O–H groups in total. The quantitative estimate of drug-likeness (QED) is 0.747. The Hall–Kier alpha value is -0.0900. The number of hydrogen-bond acceptors (Lipinski definition) is 1. The molecule has 0 saturated carbocycles. The van der Waals surface area contributed by atoms with Crippen molar-refractivity contribution in [1.82, 2.24) is 0 Å². The van der Waals surface area contributed by atoms with Crippen LogP contribution in [0, 0.1) is 10.6 Å². The lowest BCUT2D eigenvalue weighted by Crippen LogP contribution is -2.16. The van der Waals surface area contributed by atoms with E-state index in [0.29, 0.717) is 13.2 Å². The average molecular weight is 334 g/mol. The molecule has 1 nitrogen and oxygen atoms in total. The minimum absolute atomic E-state index is 0.0145. The first kappa shape index (κ1) is 13.0. The Morgan fingerprint density at radius 3 is 2.60 bits per heavy atom. The standard InChI is InChI=1S/C12H15IOS/c1-12(2,10-15-13)9-14-8-11-6-4-3-5-7-11/h3-7H,8-9H2,1-2H3. The van der Waals surface area contributed by atoms with Gasteiger partial charge in [-0.15, -0.1) is 0 Å². The zero-order valence-corrected chi connectivity index (χ0v) is 12.0. The topological polar surface area (TPSA) is 9.23 Å². The van der Waals surface area contributed by atoms with Crippen molar-refractivity contribution in [2.75, 3.05) is 6.61 Å². The van der Waals surface area contributed by atoms with Crippen molar-refractivity contribution < 1.29 is 4.74 Å². The summed E-state index contributed by atoms with van der Waals surface area (Å²) in [4.78, 5) is 0. The van der Waals surface area contributed by atoms with Crippen molar-refractivity contribution in [3.8, 4) is 5.18 Å². The largest absolute Gasteiger partial charge is 0.375 e. The number of rotatable bonds is 4. The van der Waals surface area contributed by atoms with E-state index in [1.807, 2.05) is 18.2 Å². The molecule has 82 valence electrons. The van der Waals surface area contributed by atoms with Gasteiger partial charge in [-0.1, -0.05) is 43.9 Å². The second-order valence-corrected chi connectivity index (χ2v) is 5.72. The van der Waals surface area contributed by atoms with Crippen LogP contribution in [-0.2, 0) is 11.3 Å². The van der Waals surface area contributed by atoms with E-state index in [9.17, 15) is 0 Å². The van der Waals surface area contributed by atoms with Gasteiger partial charge in [-0.3, -0.25) is 0 Å². The second kappa shape index (κ2) is 6.48. The van der Waals surface area contributed by atoms with E-state index >= 15 is 0 Å². The summed E-state index contributed by atoms with van der Waals surface area (Å²) in [5.41, 5.74) is 1.23. The van der Waals surface area contributed by atoms with E-state index in [2.05, 4.69) is 52.4 Å². The van der Waals surface area contributed by atoms with Crippen molar-refractivity contribution in [3.05, 3.63) is 35.9 Å². The molecule has 1 aromatic carbocycles. The normalized spacial score (nSPS) is 10.9. The van der Waals surface area contributed by atoms with Gasteiger partial charge in [0.2, 0.25) is 0 Å². The molecule has 0 amide bonds. The molecule has 0 unspecified atom stereocenters. The van der Waals surface area contributed by atoms with E-state index in [1.54, 1.807) is 8.34 Å². The van der Waals surface area contributed by atoms with E-state index in [-0.39, 0.29) is 5.41 Å². The van der Waals surface area contributed by atoms with Crippen molar-refractivity contribution >= 4 is 29.5 Å². The predicted molar refractivity (Wildman–Crippen MR) is 75.4 cm³/mol. The van der Waals surface area contributed by atoms with E-state index in [0.717, 1.165) is 0 Å². The van der Waals surface area contributed by atoms with Crippen LogP contribution >= 0.6 is 29.5 Å². The number of ether oxygens (including phenoxy) is 1. The van der Waals surface area contributed by atoms with Crippen molar-refractivity contribution in [1.29, 1.82) is 0 Å². The first-order valence-corrected chi connectivity index (χ1v) is 8.16. The van der Waals surface area contributed by atoms with Gasteiger partial charge >= 0.3 is 0 Å². The Balaban J connectivity index is 2.36. The van der Waals surface area contributed by atoms with Crippen LogP contribution in [0.5, 0.6) is 0 Å². The van der Waals surface area contributed by atoms with Gasteiger partial charge in [0.05, 0.1) is 18.6 Å². The molecule has 1 rings (SSSR count). The molecule has 1 aromatic rings. The maximum atomic E-state index is 5.66. The van der Waals surface area contributed by atoms with Crippen LogP contribution in [0.25, 0.3) is 0 Å². The van der Waals surface area contributed by atoms with Crippen molar-refractivity contribution in [3.63, 3.8) is 0 Å². The Kier molecular flexibility index (Phi) is 5.61. The Morgan fingerprint density at radius 2 is 2.00 bits per heavy atom. The van der Waals surface area contributed by atoms with Crippen LogP contribution in [0.3, 0.4) is 0 Å². The third kappa shape index (κ3) is 5.52. The number of halogens is 1. The van der Waals surface area contributed by atoms with E-state index < -0.39 is 0 Å². The lowest BCUT2D eigenvalue weighted by atomic mass is 9.98. The van der Waals surface area contributed by atoms with Crippen LogP contribution in [0.1, 0.15) is 19.4 Å². The zero-order chi connectivity index (χ0) is 11.1. The minimum Gasteiger partial charge on any atom is -0.375 e. The molecule has 0 bridgehead atoms. The molecule has 0 aliphatic heterocycles. The van der Waals surface area contributed by atoms with Crippen LogP contribution in [-0.4, -0.2) is 6.61 Å². The summed E-state index contributed by atoms with van der Waals surface area (Å²) in [5.74, 6) is 0. The van der Waals surface area contributed by atoms with Gasteiger partial charge in [-0.25, -0.2) is 0 Å². The molecule has 0 radical (unpaired) electrons. The first-order chi connectivity index (χ1) is 7.14. The Bertz CT molecular complexity index is 351. The fraction of sp³-hybridized carbons (Fsp3) is 0.417. The fourth-order valence-electron chi connectivity index (χ4n) is 1.13. The summed E-state index contributed by atoms with van der Waals surface area (Å²) < 4.78 is 5.66. The van der Waals surface area contributed by atoms with Crippen molar-refractivity contribution in [2.24, 2.45) is 5.41 Å². The van der Waals surface area contributed by atoms with Crippen LogP contribution < -0.4 is 0 Å². The number of hydrogen-bond donors (Lipinski definition) is 0. The SMILES string of the molecule is CC(C)(C#SI)COCc1ccccc1. The maximum absolute atomic E-state index is 5.66. The molecule has 0 aliphatic carbocycles. The highest BCUT2D eigenvalue weighted by atomic mass is 127. The summed E-state index contributed by atoms with van der Waals surface area (Å²) in [6.07, 6.45) is 0. The summed E-state index contributed by atoms with van der Waals surface area (Å²) in [7, 11) is 1.59. The minimum atomic E-state index is 0.0145. The van der Waals surface area contributed by atoms with Gasteiger partial charge < -0.3 is 4.74 Å². The summed E-state index contributed by atoms with van der Waals surface area (Å²) in [6.45, 7) is 5.64. The van der Waals surface area contributed by atoms with Gasteiger partial charge in [-0.2, -0.15) is 0 Å². The molecule has 0 aliphatic rings. The van der Waals surface area contributed by atoms with Gasteiger partial charge in [-0.05, 0) is 19.4 Å². The molecule has 3 heteroatoms. The maximum Gasteiger partial charge on any atom is 0.0717 e.